The molecule has 6 heteroatoms. The first-order valence-electron chi connectivity index (χ1n) is 5.57. The Labute approximate surface area is 117 Å². The topological polar surface area (TPSA) is 61.2 Å². The van der Waals surface area contributed by atoms with Gasteiger partial charge in [-0.05, 0) is 31.6 Å². The highest BCUT2D eigenvalue weighted by Gasteiger charge is 2.32. The number of hydrogen-bond acceptors (Lipinski definition) is 3. The van der Waals surface area contributed by atoms with Gasteiger partial charge in [-0.25, -0.2) is 12.7 Å². The molecule has 0 aromatic heterocycles. The highest BCUT2D eigenvalue weighted by Crippen LogP contribution is 2.28. The molecule has 0 spiro atoms. The van der Waals surface area contributed by atoms with Crippen LogP contribution in [0.5, 0.6) is 0 Å². The van der Waals surface area contributed by atoms with E-state index in [1.54, 1.807) is 19.1 Å². The molecule has 1 aromatic rings. The second-order valence-electron chi connectivity index (χ2n) is 4.30. The van der Waals surface area contributed by atoms with Crippen LogP contribution in [0.3, 0.4) is 0 Å². The molecule has 0 atom stereocenters. The summed E-state index contributed by atoms with van der Waals surface area (Å²) in [5.41, 5.74) is 3.26. The highest BCUT2D eigenvalue weighted by molar-refractivity contribution is 7.89. The quantitative estimate of drug-likeness (QED) is 0.912. The maximum atomic E-state index is 12.4. The molecule has 19 heavy (non-hydrogen) atoms. The van der Waals surface area contributed by atoms with Crippen molar-refractivity contribution in [1.82, 2.24) is 4.31 Å². The molecule has 0 bridgehead atoms. The van der Waals surface area contributed by atoms with Crippen LogP contribution in [0.2, 0.25) is 0 Å². The van der Waals surface area contributed by atoms with Crippen molar-refractivity contribution in [3.8, 4) is 0 Å². The molecule has 100 valence electrons. The van der Waals surface area contributed by atoms with Gasteiger partial charge in [-0.3, -0.25) is 5.41 Å². The van der Waals surface area contributed by atoms with Crippen LogP contribution in [0.15, 0.2) is 52.0 Å². The summed E-state index contributed by atoms with van der Waals surface area (Å²) in [7, 11) is -3.75. The zero-order valence-electron chi connectivity index (χ0n) is 10.5. The van der Waals surface area contributed by atoms with Gasteiger partial charge in [0.05, 0.1) is 4.90 Å². The SMILES string of the molecule is CC1=CN(S(=O)(=O)c2ccc(C)cc2)C(=N)/C1=C/Cl. The van der Waals surface area contributed by atoms with Crippen molar-refractivity contribution in [2.75, 3.05) is 0 Å². The summed E-state index contributed by atoms with van der Waals surface area (Å²) in [6.45, 7) is 3.60. The van der Waals surface area contributed by atoms with E-state index in [2.05, 4.69) is 0 Å². The largest absolute Gasteiger partial charge is 0.283 e. The van der Waals surface area contributed by atoms with E-state index in [9.17, 15) is 8.42 Å². The number of amidine groups is 1. The fourth-order valence-corrected chi connectivity index (χ4v) is 3.38. The number of hydrogen-bond donors (Lipinski definition) is 1. The third kappa shape index (κ3) is 2.31. The molecule has 2 rings (SSSR count). The lowest BCUT2D eigenvalue weighted by Crippen LogP contribution is -2.29. The maximum Gasteiger partial charge on any atom is 0.269 e. The van der Waals surface area contributed by atoms with Gasteiger partial charge < -0.3 is 0 Å². The lowest BCUT2D eigenvalue weighted by Gasteiger charge is -2.16. The van der Waals surface area contributed by atoms with Gasteiger partial charge in [0.2, 0.25) is 0 Å². The molecule has 0 fully saturated rings. The Morgan fingerprint density at radius 2 is 1.79 bits per heavy atom. The van der Waals surface area contributed by atoms with E-state index in [4.69, 9.17) is 17.0 Å². The molecule has 1 aliphatic rings. The summed E-state index contributed by atoms with van der Waals surface area (Å²) in [5.74, 6) is -0.131. The summed E-state index contributed by atoms with van der Waals surface area (Å²) < 4.78 is 25.8. The van der Waals surface area contributed by atoms with Crippen molar-refractivity contribution >= 4 is 27.5 Å². The number of nitrogens with zero attached hydrogens (tertiary/aromatic N) is 1. The smallest absolute Gasteiger partial charge is 0.269 e. The third-order valence-electron chi connectivity index (χ3n) is 2.90. The fraction of sp³-hybridized carbons (Fsp3) is 0.154. The summed E-state index contributed by atoms with van der Waals surface area (Å²) in [6.07, 6.45) is 1.41. The van der Waals surface area contributed by atoms with Crippen molar-refractivity contribution in [2.45, 2.75) is 18.7 Å². The van der Waals surface area contributed by atoms with Gasteiger partial charge >= 0.3 is 0 Å². The number of sulfonamides is 1. The van der Waals surface area contributed by atoms with Crippen molar-refractivity contribution in [3.63, 3.8) is 0 Å². The minimum absolute atomic E-state index is 0.131. The molecule has 0 aliphatic carbocycles. The number of nitrogens with one attached hydrogen (secondary N) is 1. The molecule has 0 radical (unpaired) electrons. The van der Waals surface area contributed by atoms with Gasteiger partial charge in [0.1, 0.15) is 5.84 Å². The Kier molecular flexibility index (Phi) is 3.52. The van der Waals surface area contributed by atoms with Gasteiger partial charge in [-0.15, -0.1) is 0 Å². The second-order valence-corrected chi connectivity index (χ2v) is 6.33. The minimum atomic E-state index is -3.75. The van der Waals surface area contributed by atoms with Crippen LogP contribution in [0.1, 0.15) is 12.5 Å². The van der Waals surface area contributed by atoms with E-state index in [-0.39, 0.29) is 10.7 Å². The van der Waals surface area contributed by atoms with Crippen molar-refractivity contribution < 1.29 is 8.42 Å². The predicted octanol–water partition coefficient (Wildman–Crippen LogP) is 3.00. The summed E-state index contributed by atoms with van der Waals surface area (Å²) in [4.78, 5) is 0.155. The van der Waals surface area contributed by atoms with Crippen molar-refractivity contribution in [1.29, 1.82) is 5.41 Å². The number of rotatable bonds is 2. The van der Waals surface area contributed by atoms with Gasteiger partial charge in [-0.2, -0.15) is 0 Å². The van der Waals surface area contributed by atoms with E-state index < -0.39 is 10.0 Å². The van der Waals surface area contributed by atoms with Crippen molar-refractivity contribution in [2.24, 2.45) is 0 Å². The number of aryl methyl sites for hydroxylation is 1. The Morgan fingerprint density at radius 3 is 2.26 bits per heavy atom. The molecule has 4 nitrogen and oxygen atoms in total. The average molecular weight is 297 g/mol. The van der Waals surface area contributed by atoms with Crippen LogP contribution in [0.25, 0.3) is 0 Å². The predicted molar refractivity (Wildman–Crippen MR) is 75.6 cm³/mol. The van der Waals surface area contributed by atoms with Gasteiger partial charge in [0.25, 0.3) is 10.0 Å². The Hall–Kier alpha value is -1.59. The van der Waals surface area contributed by atoms with E-state index in [0.717, 1.165) is 9.87 Å². The standard InChI is InChI=1S/C13H13ClN2O2S/c1-9-3-5-11(6-4-9)19(17,18)16-8-10(2)12(7-14)13(16)15/h3-8,15H,1-2H3/b12-7+,15-13?. The zero-order chi connectivity index (χ0) is 14.2. The first kappa shape index (κ1) is 13.8. The molecule has 1 N–H and O–H groups in total. The lowest BCUT2D eigenvalue weighted by molar-refractivity contribution is 0.564. The van der Waals surface area contributed by atoms with Gasteiger partial charge in [0.15, 0.2) is 0 Å². The van der Waals surface area contributed by atoms with Crippen molar-refractivity contribution in [3.05, 3.63) is 52.7 Å². The number of halogens is 1. The maximum absolute atomic E-state index is 12.4. The van der Waals surface area contributed by atoms with Crippen LogP contribution in [-0.4, -0.2) is 18.6 Å². The molecule has 1 aliphatic heterocycles. The normalized spacial score (nSPS) is 18.1. The van der Waals surface area contributed by atoms with E-state index in [1.165, 1.54) is 23.9 Å². The van der Waals surface area contributed by atoms with Crippen LogP contribution in [0, 0.1) is 12.3 Å². The van der Waals surface area contributed by atoms with Gasteiger partial charge in [-0.1, -0.05) is 29.3 Å². The fourth-order valence-electron chi connectivity index (χ4n) is 1.77. The van der Waals surface area contributed by atoms with Gasteiger partial charge in [0, 0.05) is 17.3 Å². The van der Waals surface area contributed by atoms with Crippen LogP contribution < -0.4 is 0 Å². The molecule has 0 unspecified atom stereocenters. The van der Waals surface area contributed by atoms with Crippen LogP contribution >= 0.6 is 11.6 Å². The third-order valence-corrected chi connectivity index (χ3v) is 4.79. The lowest BCUT2D eigenvalue weighted by atomic mass is 10.2. The first-order valence-corrected chi connectivity index (χ1v) is 7.45. The van der Waals surface area contributed by atoms with Crippen LogP contribution in [-0.2, 0) is 10.0 Å². The van der Waals surface area contributed by atoms with E-state index in [0.29, 0.717) is 11.1 Å². The minimum Gasteiger partial charge on any atom is -0.283 e. The van der Waals surface area contributed by atoms with E-state index in [1.807, 2.05) is 6.92 Å². The molecule has 1 aromatic carbocycles. The molecule has 0 saturated carbocycles. The Balaban J connectivity index is 2.48. The van der Waals surface area contributed by atoms with E-state index >= 15 is 0 Å². The summed E-state index contributed by atoms with van der Waals surface area (Å²) in [6, 6.07) is 6.51. The summed E-state index contributed by atoms with van der Waals surface area (Å²) >= 11 is 5.61. The highest BCUT2D eigenvalue weighted by atomic mass is 35.5. The zero-order valence-corrected chi connectivity index (χ0v) is 12.1. The number of benzene rings is 1. The monoisotopic (exact) mass is 296 g/mol. The Bertz CT molecular complexity index is 688. The first-order chi connectivity index (χ1) is 8.87. The second kappa shape index (κ2) is 4.83. The molecule has 1 heterocycles. The Morgan fingerprint density at radius 1 is 1.21 bits per heavy atom. The molecule has 0 amide bonds. The van der Waals surface area contributed by atoms with Crippen LogP contribution in [0.4, 0.5) is 0 Å². The summed E-state index contributed by atoms with van der Waals surface area (Å²) in [5, 5.41) is 7.88. The average Bonchev–Trinajstić information content (AvgIpc) is 2.65. The molecular formula is C13H13ClN2O2S. The molecular weight excluding hydrogens is 284 g/mol. The molecule has 0 saturated heterocycles.